The van der Waals surface area contributed by atoms with Crippen molar-refractivity contribution in [3.8, 4) is 33.1 Å². The number of β-amino-alcohol motifs (C(OH)–C–C–N with tert-alkyl or cyclic N) is 1. The van der Waals surface area contributed by atoms with E-state index in [2.05, 4.69) is 32.3 Å². The number of rotatable bonds is 18. The molecule has 3 aromatic carbocycles. The van der Waals surface area contributed by atoms with Gasteiger partial charge in [0.2, 0.25) is 29.6 Å². The number of likely N-dealkylation sites (tertiary alicyclic amines) is 1. The quantitative estimate of drug-likeness (QED) is 0.0647. The standard InChI is InChI=1S/C52H57ClF2N10O8S/c1-7-41(68)63-15-17-64(18-16-63)49-34-24-35(53)44(45-36(54)9-8-10-38(45)67)46(55)47(34)59-52(60-49)56-14-13-42(69)62(6)19-20-72-39-22-31(48-30(5)58-27-74-48)11-12-32(39)25-57-50(70)37-23-33(66)26-65(37)51(71)43(28(2)3)40-21-29(4)61-73-40/h7-12,21-22,24,27-28,33,37,43,66-67H,1,13-20,23,25-26H2,2-6H3,(H,57,70)(H,56,59,60)/t33-,37+,43+/m1/s1. The molecule has 390 valence electrons. The van der Waals surface area contributed by atoms with Gasteiger partial charge in [-0.1, -0.05) is 55.4 Å². The van der Waals surface area contributed by atoms with Crippen LogP contribution in [0.1, 0.15) is 55.3 Å². The summed E-state index contributed by atoms with van der Waals surface area (Å²) in [6.07, 6.45) is 0.371. The van der Waals surface area contributed by atoms with Gasteiger partial charge in [-0.3, -0.25) is 19.2 Å². The largest absolute Gasteiger partial charge is 0.507 e. The van der Waals surface area contributed by atoms with Gasteiger partial charge >= 0.3 is 0 Å². The number of nitrogens with one attached hydrogen (secondary N) is 2. The number of benzene rings is 3. The van der Waals surface area contributed by atoms with Crippen molar-refractivity contribution in [1.82, 2.24) is 40.1 Å². The van der Waals surface area contributed by atoms with Crippen LogP contribution in [-0.4, -0.2) is 140 Å². The molecule has 0 spiro atoms. The molecule has 4 amide bonds. The number of aliphatic hydroxyl groups is 1. The first-order valence-electron chi connectivity index (χ1n) is 24.1. The summed E-state index contributed by atoms with van der Waals surface area (Å²) in [6, 6.07) is 11.4. The molecule has 2 fully saturated rings. The van der Waals surface area contributed by atoms with E-state index in [1.54, 1.807) is 30.4 Å². The average molecular weight is 1060 g/mol. The minimum atomic E-state index is -0.990. The number of hydrogen-bond acceptors (Lipinski definition) is 15. The van der Waals surface area contributed by atoms with Gasteiger partial charge in [0.25, 0.3) is 0 Å². The van der Waals surface area contributed by atoms with Crippen molar-refractivity contribution >= 4 is 69.2 Å². The van der Waals surface area contributed by atoms with E-state index >= 15 is 8.78 Å². The SMILES string of the molecule is C=CC(=O)N1CCN(c2nc(NCCC(=O)N(C)CCOc3cc(-c4scnc4C)ccc3CNC(=O)[C@@H]3C[C@@H](O)CN3C(=O)[C@H](c3cc(C)no3)C(C)C)nc3c(F)c(-c4c(O)cccc4F)c(Cl)cc23)CC1. The number of phenols is 1. The molecule has 0 saturated carbocycles. The van der Waals surface area contributed by atoms with Crippen LogP contribution in [-0.2, 0) is 25.7 Å². The highest BCUT2D eigenvalue weighted by Gasteiger charge is 2.43. The molecule has 2 aliphatic rings. The molecular weight excluding hydrogens is 998 g/mol. The number of nitrogens with zero attached hydrogens (tertiary/aromatic N) is 8. The Morgan fingerprint density at radius 3 is 2.51 bits per heavy atom. The third-order valence-electron chi connectivity index (χ3n) is 13.2. The van der Waals surface area contributed by atoms with E-state index in [1.165, 1.54) is 45.4 Å². The van der Waals surface area contributed by atoms with Gasteiger partial charge in [-0.25, -0.2) is 18.7 Å². The lowest BCUT2D eigenvalue weighted by atomic mass is 9.91. The van der Waals surface area contributed by atoms with E-state index in [9.17, 15) is 29.4 Å². The number of fused-ring (bicyclic) bond motifs is 1. The van der Waals surface area contributed by atoms with Crippen LogP contribution in [0.2, 0.25) is 5.02 Å². The van der Waals surface area contributed by atoms with Crippen LogP contribution in [0.25, 0.3) is 32.5 Å². The van der Waals surface area contributed by atoms with Crippen molar-refractivity contribution in [2.45, 2.75) is 65.1 Å². The van der Waals surface area contributed by atoms with Crippen LogP contribution in [0.3, 0.4) is 0 Å². The first kappa shape index (κ1) is 53.1. The predicted molar refractivity (Wildman–Crippen MR) is 276 cm³/mol. The maximum atomic E-state index is 16.7. The third kappa shape index (κ3) is 11.4. The number of carbonyl (C=O) groups excluding carboxylic acids is 4. The molecule has 74 heavy (non-hydrogen) atoms. The molecule has 18 nitrogen and oxygen atoms in total. The second-order valence-electron chi connectivity index (χ2n) is 18.6. The van der Waals surface area contributed by atoms with Crippen molar-refractivity contribution in [2.24, 2.45) is 5.92 Å². The van der Waals surface area contributed by atoms with Crippen LogP contribution in [0.15, 0.2) is 71.2 Å². The minimum Gasteiger partial charge on any atom is -0.507 e. The van der Waals surface area contributed by atoms with Crippen LogP contribution in [0.5, 0.6) is 11.5 Å². The number of aromatic hydroxyl groups is 1. The van der Waals surface area contributed by atoms with E-state index < -0.39 is 46.9 Å². The number of hydrogen-bond donors (Lipinski definition) is 4. The van der Waals surface area contributed by atoms with Crippen molar-refractivity contribution in [2.75, 3.05) is 69.7 Å². The maximum absolute atomic E-state index is 16.7. The lowest BCUT2D eigenvalue weighted by molar-refractivity contribution is -0.141. The lowest BCUT2D eigenvalue weighted by Gasteiger charge is -2.35. The van der Waals surface area contributed by atoms with Gasteiger partial charge in [-0.05, 0) is 55.7 Å². The Labute approximate surface area is 435 Å². The summed E-state index contributed by atoms with van der Waals surface area (Å²) < 4.78 is 43.6. The van der Waals surface area contributed by atoms with Gasteiger partial charge in [0.1, 0.15) is 53.0 Å². The summed E-state index contributed by atoms with van der Waals surface area (Å²) in [7, 11) is 1.63. The number of aromatic nitrogens is 4. The molecule has 0 bridgehead atoms. The number of aliphatic hydroxyl groups excluding tert-OH is 1. The fraction of sp³-hybridized carbons (Fsp3) is 0.385. The number of phenolic OH excluding ortho intramolecular Hbond substituents is 1. The van der Waals surface area contributed by atoms with Crippen molar-refractivity contribution in [3.63, 3.8) is 0 Å². The number of piperazine rings is 1. The number of ether oxygens (including phenoxy) is 1. The first-order chi connectivity index (χ1) is 35.4. The summed E-state index contributed by atoms with van der Waals surface area (Å²) in [5.41, 5.74) is 3.67. The fourth-order valence-electron chi connectivity index (χ4n) is 9.25. The Morgan fingerprint density at radius 2 is 1.84 bits per heavy atom. The van der Waals surface area contributed by atoms with Crippen molar-refractivity contribution in [1.29, 1.82) is 0 Å². The second kappa shape index (κ2) is 22.9. The Kier molecular flexibility index (Phi) is 16.4. The molecule has 8 rings (SSSR count). The van der Waals surface area contributed by atoms with E-state index in [-0.39, 0.29) is 96.7 Å². The molecular formula is C52H57ClF2N10O8S. The van der Waals surface area contributed by atoms with E-state index in [4.69, 9.17) is 25.8 Å². The molecule has 3 atom stereocenters. The molecule has 6 aromatic rings. The van der Waals surface area contributed by atoms with Crippen LogP contribution < -0.4 is 20.3 Å². The normalized spacial score (nSPS) is 16.2. The second-order valence-corrected chi connectivity index (χ2v) is 19.9. The molecule has 0 unspecified atom stereocenters. The number of anilines is 2. The number of likely N-dealkylation sites (N-methyl/N-ethyl adjacent to an activating group) is 1. The number of aryl methyl sites for hydroxylation is 2. The summed E-state index contributed by atoms with van der Waals surface area (Å²) in [6.45, 7) is 12.6. The molecule has 3 aromatic heterocycles. The molecule has 5 heterocycles. The maximum Gasteiger partial charge on any atom is 0.246 e. The topological polar surface area (TPSA) is 220 Å². The zero-order valence-electron chi connectivity index (χ0n) is 41.5. The molecule has 2 saturated heterocycles. The summed E-state index contributed by atoms with van der Waals surface area (Å²) in [5.74, 6) is -3.42. The predicted octanol–water partition coefficient (Wildman–Crippen LogP) is 6.85. The third-order valence-corrected chi connectivity index (χ3v) is 14.5. The van der Waals surface area contributed by atoms with E-state index in [0.29, 0.717) is 54.8 Å². The van der Waals surface area contributed by atoms with Gasteiger partial charge in [0.15, 0.2) is 5.82 Å². The number of halogens is 3. The first-order valence-corrected chi connectivity index (χ1v) is 25.4. The minimum absolute atomic E-state index is 0.00772. The van der Waals surface area contributed by atoms with Gasteiger partial charge in [0.05, 0.1) is 45.0 Å². The van der Waals surface area contributed by atoms with E-state index in [0.717, 1.165) is 22.2 Å². The molecule has 22 heteroatoms. The van der Waals surface area contributed by atoms with Crippen molar-refractivity contribution < 1.29 is 47.4 Å². The van der Waals surface area contributed by atoms with Crippen LogP contribution in [0, 0.1) is 31.4 Å². The van der Waals surface area contributed by atoms with E-state index in [1.807, 2.05) is 43.9 Å². The Balaban J connectivity index is 0.940. The monoisotopic (exact) mass is 1050 g/mol. The molecule has 0 radical (unpaired) electrons. The summed E-state index contributed by atoms with van der Waals surface area (Å²) >= 11 is 8.09. The zero-order valence-corrected chi connectivity index (χ0v) is 43.1. The highest BCUT2D eigenvalue weighted by molar-refractivity contribution is 7.13. The van der Waals surface area contributed by atoms with Crippen LogP contribution >= 0.6 is 22.9 Å². The highest BCUT2D eigenvalue weighted by atomic mass is 35.5. The number of thiazole rings is 1. The molecule has 4 N–H and O–H groups in total. The number of amides is 4. The van der Waals surface area contributed by atoms with Gasteiger partial charge < -0.3 is 49.7 Å². The highest BCUT2D eigenvalue weighted by Crippen LogP contribution is 2.43. The smallest absolute Gasteiger partial charge is 0.246 e. The fourth-order valence-corrected chi connectivity index (χ4v) is 10.3. The lowest BCUT2D eigenvalue weighted by Crippen LogP contribution is -2.48. The Hall–Kier alpha value is -7.23. The van der Waals surface area contributed by atoms with Gasteiger partial charge in [-0.15, -0.1) is 11.3 Å². The zero-order chi connectivity index (χ0) is 53.0. The van der Waals surface area contributed by atoms with Gasteiger partial charge in [0, 0.05) is 88.3 Å². The average Bonchev–Trinajstić information content (AvgIpc) is 4.13. The Morgan fingerprint density at radius 1 is 1.07 bits per heavy atom. The van der Waals surface area contributed by atoms with Crippen molar-refractivity contribution in [3.05, 3.63) is 106 Å². The summed E-state index contributed by atoms with van der Waals surface area (Å²) in [5, 5.41) is 31.3. The summed E-state index contributed by atoms with van der Waals surface area (Å²) in [4.78, 5) is 74.6. The number of carbonyl (C=O) groups is 4. The molecule has 2 aliphatic heterocycles. The molecule has 0 aliphatic carbocycles. The Bertz CT molecular complexity index is 3070. The van der Waals surface area contributed by atoms with Gasteiger partial charge in [-0.2, -0.15) is 4.98 Å². The van der Waals surface area contributed by atoms with Crippen LogP contribution in [0.4, 0.5) is 20.5 Å².